The lowest BCUT2D eigenvalue weighted by molar-refractivity contribution is -0.130. The van der Waals surface area contributed by atoms with Crippen molar-refractivity contribution in [1.29, 1.82) is 0 Å². The number of nitrogens with zero attached hydrogens (tertiary/aromatic N) is 5. The van der Waals surface area contributed by atoms with Gasteiger partial charge in [0, 0.05) is 55.0 Å². The standard InChI is InChI=1S/C25H25ClF2N6O2/c1-14(35)33-7-5-16(6-8-33)34-13-15(10-31-34)20-12-30-25-24(32-20)18(11-29-25)17(9-27)22-21(36-2)4-3-19(28)23(22)26/h3-4,10-13,16-17H,5-9H2,1-2H3,(H,29,30)/t17-/m1/s1. The molecule has 1 amide bonds. The summed E-state index contributed by atoms with van der Waals surface area (Å²) in [6, 6.07) is 2.81. The Kier molecular flexibility index (Phi) is 6.61. The Hall–Kier alpha value is -3.53. The van der Waals surface area contributed by atoms with Crippen molar-refractivity contribution >= 4 is 28.7 Å². The first-order valence-corrected chi connectivity index (χ1v) is 12.0. The fourth-order valence-electron chi connectivity index (χ4n) is 4.80. The van der Waals surface area contributed by atoms with Crippen molar-refractivity contribution in [3.05, 3.63) is 58.9 Å². The molecule has 0 aliphatic carbocycles. The Balaban J connectivity index is 1.48. The van der Waals surface area contributed by atoms with Gasteiger partial charge in [0.15, 0.2) is 5.65 Å². The molecule has 0 unspecified atom stereocenters. The van der Waals surface area contributed by atoms with Gasteiger partial charge in [0.2, 0.25) is 5.91 Å². The fourth-order valence-corrected chi connectivity index (χ4v) is 5.09. The Morgan fingerprint density at radius 1 is 1.31 bits per heavy atom. The Morgan fingerprint density at radius 3 is 2.78 bits per heavy atom. The topological polar surface area (TPSA) is 88.9 Å². The summed E-state index contributed by atoms with van der Waals surface area (Å²) in [7, 11) is 1.43. The summed E-state index contributed by atoms with van der Waals surface area (Å²) in [5.74, 6) is -1.18. The number of likely N-dealkylation sites (tertiary alicyclic amines) is 1. The highest BCUT2D eigenvalue weighted by Crippen LogP contribution is 2.41. The smallest absolute Gasteiger partial charge is 0.219 e. The Morgan fingerprint density at radius 2 is 2.08 bits per heavy atom. The van der Waals surface area contributed by atoms with Gasteiger partial charge in [0.05, 0.1) is 36.3 Å². The molecule has 5 rings (SSSR count). The van der Waals surface area contributed by atoms with Gasteiger partial charge in [0.1, 0.15) is 23.8 Å². The molecule has 1 aromatic carbocycles. The molecule has 1 atom stereocenters. The average molecular weight is 515 g/mol. The number of methoxy groups -OCH3 is 1. The van der Waals surface area contributed by atoms with Crippen LogP contribution in [0.4, 0.5) is 8.78 Å². The van der Waals surface area contributed by atoms with Gasteiger partial charge >= 0.3 is 0 Å². The van der Waals surface area contributed by atoms with Crippen molar-refractivity contribution in [2.24, 2.45) is 0 Å². The Bertz CT molecular complexity index is 1410. The lowest BCUT2D eigenvalue weighted by atomic mass is 9.92. The van der Waals surface area contributed by atoms with Gasteiger partial charge in [-0.1, -0.05) is 11.6 Å². The van der Waals surface area contributed by atoms with Gasteiger partial charge in [-0.15, -0.1) is 0 Å². The van der Waals surface area contributed by atoms with E-state index in [1.54, 1.807) is 25.5 Å². The van der Waals surface area contributed by atoms with Crippen molar-refractivity contribution in [2.75, 3.05) is 26.9 Å². The third kappa shape index (κ3) is 4.30. The van der Waals surface area contributed by atoms with E-state index in [9.17, 15) is 13.6 Å². The summed E-state index contributed by atoms with van der Waals surface area (Å²) in [6.45, 7) is 2.15. The van der Waals surface area contributed by atoms with Crippen LogP contribution in [0.3, 0.4) is 0 Å². The molecule has 3 aromatic heterocycles. The zero-order valence-electron chi connectivity index (χ0n) is 19.8. The van der Waals surface area contributed by atoms with Gasteiger partial charge < -0.3 is 14.6 Å². The number of hydrogen-bond acceptors (Lipinski definition) is 5. The van der Waals surface area contributed by atoms with E-state index in [0.29, 0.717) is 41.3 Å². The molecule has 0 spiro atoms. The number of amides is 1. The number of nitrogens with one attached hydrogen (secondary N) is 1. The number of carbonyl (C=O) groups is 1. The van der Waals surface area contributed by atoms with Crippen LogP contribution in [0, 0.1) is 5.82 Å². The molecule has 0 saturated carbocycles. The molecule has 8 nitrogen and oxygen atoms in total. The SMILES string of the molecule is COc1ccc(F)c(Cl)c1[C@H](CF)c1c[nH]c2ncc(-c3cnn(C4CCN(C(C)=O)CC4)c3)nc12. The summed E-state index contributed by atoms with van der Waals surface area (Å²) >= 11 is 6.25. The van der Waals surface area contributed by atoms with Crippen LogP contribution in [0.2, 0.25) is 5.02 Å². The van der Waals surface area contributed by atoms with Crippen LogP contribution in [0.15, 0.2) is 36.9 Å². The molecule has 4 aromatic rings. The summed E-state index contributed by atoms with van der Waals surface area (Å²) in [5.41, 5.74) is 2.99. The third-order valence-electron chi connectivity index (χ3n) is 6.78. The molecule has 1 aliphatic heterocycles. The van der Waals surface area contributed by atoms with Crippen molar-refractivity contribution in [2.45, 2.75) is 31.7 Å². The number of ether oxygens (including phenoxy) is 1. The fraction of sp³-hybridized carbons (Fsp3) is 0.360. The van der Waals surface area contributed by atoms with Crippen LogP contribution in [-0.2, 0) is 4.79 Å². The van der Waals surface area contributed by atoms with E-state index in [2.05, 4.69) is 15.1 Å². The van der Waals surface area contributed by atoms with Gasteiger partial charge in [-0.05, 0) is 25.0 Å². The summed E-state index contributed by atoms with van der Waals surface area (Å²) in [5, 5.41) is 4.33. The molecule has 0 bridgehead atoms. The molecule has 1 aliphatic rings. The maximum Gasteiger partial charge on any atom is 0.219 e. The highest BCUT2D eigenvalue weighted by atomic mass is 35.5. The number of halogens is 3. The average Bonchev–Trinajstić information content (AvgIpc) is 3.55. The Labute approximate surface area is 211 Å². The van der Waals surface area contributed by atoms with Gasteiger partial charge in [-0.2, -0.15) is 5.10 Å². The van der Waals surface area contributed by atoms with E-state index in [1.807, 2.05) is 15.8 Å². The molecule has 1 fully saturated rings. The van der Waals surface area contributed by atoms with Crippen molar-refractivity contribution in [3.8, 4) is 17.0 Å². The van der Waals surface area contributed by atoms with E-state index in [0.717, 1.165) is 18.4 Å². The predicted molar refractivity (Wildman–Crippen MR) is 131 cm³/mol. The predicted octanol–water partition coefficient (Wildman–Crippen LogP) is 4.91. The molecule has 0 radical (unpaired) electrons. The number of H-pyrrole nitrogens is 1. The minimum absolute atomic E-state index is 0.0872. The molecule has 188 valence electrons. The second-order valence-corrected chi connectivity index (χ2v) is 9.20. The zero-order valence-corrected chi connectivity index (χ0v) is 20.6. The third-order valence-corrected chi connectivity index (χ3v) is 7.17. The largest absolute Gasteiger partial charge is 0.496 e. The van der Waals surface area contributed by atoms with Crippen LogP contribution in [0.1, 0.15) is 42.9 Å². The first kappa shape index (κ1) is 24.2. The maximum absolute atomic E-state index is 14.4. The molecule has 1 saturated heterocycles. The van der Waals surface area contributed by atoms with Crippen LogP contribution in [-0.4, -0.2) is 62.4 Å². The highest BCUT2D eigenvalue weighted by Gasteiger charge is 2.27. The van der Waals surface area contributed by atoms with E-state index >= 15 is 0 Å². The van der Waals surface area contributed by atoms with Crippen molar-refractivity contribution in [1.82, 2.24) is 29.6 Å². The lowest BCUT2D eigenvalue weighted by Crippen LogP contribution is -2.37. The second-order valence-electron chi connectivity index (χ2n) is 8.83. The maximum atomic E-state index is 14.4. The second kappa shape index (κ2) is 9.85. The number of alkyl halides is 1. The van der Waals surface area contributed by atoms with E-state index in [-0.39, 0.29) is 22.5 Å². The van der Waals surface area contributed by atoms with Crippen LogP contribution in [0.25, 0.3) is 22.4 Å². The molecule has 1 N–H and O–H groups in total. The van der Waals surface area contributed by atoms with E-state index in [1.165, 1.54) is 19.2 Å². The molecule has 36 heavy (non-hydrogen) atoms. The van der Waals surface area contributed by atoms with Crippen LogP contribution in [0.5, 0.6) is 5.75 Å². The first-order valence-electron chi connectivity index (χ1n) is 11.6. The summed E-state index contributed by atoms with van der Waals surface area (Å²) in [4.78, 5) is 25.7. The van der Waals surface area contributed by atoms with Gasteiger partial charge in [0.25, 0.3) is 0 Å². The monoisotopic (exact) mass is 514 g/mol. The number of benzene rings is 1. The number of fused-ring (bicyclic) bond motifs is 1. The number of piperidine rings is 1. The molecular formula is C25H25ClF2N6O2. The summed E-state index contributed by atoms with van der Waals surface area (Å²) < 4.78 is 36.0. The number of carbonyl (C=O) groups excluding carboxylic acids is 1. The minimum atomic E-state index is -0.907. The van der Waals surface area contributed by atoms with Crippen LogP contribution < -0.4 is 4.74 Å². The van der Waals surface area contributed by atoms with Crippen LogP contribution >= 0.6 is 11.6 Å². The number of rotatable bonds is 6. The number of aromatic amines is 1. The van der Waals surface area contributed by atoms with Gasteiger partial charge in [-0.25, -0.2) is 14.4 Å². The van der Waals surface area contributed by atoms with E-state index in [4.69, 9.17) is 21.3 Å². The molecule has 4 heterocycles. The van der Waals surface area contributed by atoms with Gasteiger partial charge in [-0.3, -0.25) is 13.9 Å². The van der Waals surface area contributed by atoms with Crippen molar-refractivity contribution < 1.29 is 18.3 Å². The number of aromatic nitrogens is 5. The van der Waals surface area contributed by atoms with E-state index < -0.39 is 18.4 Å². The highest BCUT2D eigenvalue weighted by molar-refractivity contribution is 6.31. The summed E-state index contributed by atoms with van der Waals surface area (Å²) in [6.07, 6.45) is 8.52. The quantitative estimate of drug-likeness (QED) is 0.395. The molecule has 11 heteroatoms. The lowest BCUT2D eigenvalue weighted by Gasteiger charge is -2.31. The first-order chi connectivity index (χ1) is 17.4. The van der Waals surface area contributed by atoms with Crippen molar-refractivity contribution in [3.63, 3.8) is 0 Å². The number of hydrogen-bond donors (Lipinski definition) is 1. The minimum Gasteiger partial charge on any atom is -0.496 e. The zero-order chi connectivity index (χ0) is 25.4. The normalized spacial score (nSPS) is 15.4. The molecular weight excluding hydrogens is 490 g/mol.